The van der Waals surface area contributed by atoms with Crippen LogP contribution in [0.4, 0.5) is 0 Å². The average Bonchev–Trinajstić information content (AvgIpc) is 2.70. The van der Waals surface area contributed by atoms with Crippen LogP contribution in [0.5, 0.6) is 11.5 Å². The van der Waals surface area contributed by atoms with Gasteiger partial charge in [0.15, 0.2) is 11.5 Å². The van der Waals surface area contributed by atoms with E-state index in [4.69, 9.17) is 21.7 Å². The van der Waals surface area contributed by atoms with Crippen molar-refractivity contribution in [2.24, 2.45) is 0 Å². The number of thioether (sulfide) groups is 1. The predicted molar refractivity (Wildman–Crippen MR) is 85.4 cm³/mol. The third-order valence-electron chi connectivity index (χ3n) is 2.41. The second-order valence-corrected chi connectivity index (χ2v) is 5.96. The van der Waals surface area contributed by atoms with Gasteiger partial charge in [-0.1, -0.05) is 30.0 Å². The first kappa shape index (κ1) is 16.2. The number of ether oxygens (including phenoxy) is 2. The largest absolute Gasteiger partial charge is 0.423 e. The first-order valence-corrected chi connectivity index (χ1v) is 7.33. The lowest BCUT2D eigenvalue weighted by Crippen LogP contribution is -2.17. The summed E-state index contributed by atoms with van der Waals surface area (Å²) in [6.45, 7) is 2.48. The number of hydrogen-bond acceptors (Lipinski definition) is 7. The van der Waals surface area contributed by atoms with Gasteiger partial charge >= 0.3 is 11.9 Å². The smallest absolute Gasteiger partial charge is 0.308 e. The Morgan fingerprint density at radius 3 is 2.36 bits per heavy atom. The van der Waals surface area contributed by atoms with Crippen LogP contribution in [0.2, 0.25) is 0 Å². The van der Waals surface area contributed by atoms with Gasteiger partial charge in [-0.3, -0.25) is 14.4 Å². The molecule has 1 aromatic rings. The molecule has 0 radical (unpaired) electrons. The van der Waals surface area contributed by atoms with Crippen molar-refractivity contribution in [3.8, 4) is 11.5 Å². The SMILES string of the molecule is CC(=O)Oc1ccc(/C=C2/SC(=S)NC2=O)cc1OC(C)=O. The molecule has 1 saturated heterocycles. The van der Waals surface area contributed by atoms with Crippen LogP contribution in [0.3, 0.4) is 0 Å². The molecule has 0 aromatic heterocycles. The van der Waals surface area contributed by atoms with Gasteiger partial charge in [-0.05, 0) is 23.8 Å². The summed E-state index contributed by atoms with van der Waals surface area (Å²) in [5, 5.41) is 2.50. The lowest BCUT2D eigenvalue weighted by Gasteiger charge is -2.09. The van der Waals surface area contributed by atoms with Crippen molar-refractivity contribution in [2.75, 3.05) is 0 Å². The molecule has 0 saturated carbocycles. The number of amides is 1. The van der Waals surface area contributed by atoms with Gasteiger partial charge in [0.1, 0.15) is 4.32 Å². The van der Waals surface area contributed by atoms with Crippen molar-refractivity contribution in [2.45, 2.75) is 13.8 Å². The quantitative estimate of drug-likeness (QED) is 0.391. The molecule has 22 heavy (non-hydrogen) atoms. The van der Waals surface area contributed by atoms with Gasteiger partial charge in [0, 0.05) is 13.8 Å². The van der Waals surface area contributed by atoms with Crippen LogP contribution in [0.15, 0.2) is 23.1 Å². The van der Waals surface area contributed by atoms with Gasteiger partial charge in [-0.25, -0.2) is 0 Å². The fraction of sp³-hybridized carbons (Fsp3) is 0.143. The molecule has 0 unspecified atom stereocenters. The maximum atomic E-state index is 11.6. The fourth-order valence-corrected chi connectivity index (χ4v) is 2.70. The lowest BCUT2D eigenvalue weighted by atomic mass is 10.2. The van der Waals surface area contributed by atoms with E-state index in [0.717, 1.165) is 11.8 Å². The van der Waals surface area contributed by atoms with Gasteiger partial charge in [-0.2, -0.15) is 0 Å². The zero-order valence-electron chi connectivity index (χ0n) is 11.7. The highest BCUT2D eigenvalue weighted by molar-refractivity contribution is 8.26. The normalized spacial score (nSPS) is 15.6. The number of benzene rings is 1. The molecule has 8 heteroatoms. The molecule has 1 N–H and O–H groups in total. The van der Waals surface area contributed by atoms with Crippen LogP contribution in [-0.2, 0) is 14.4 Å². The van der Waals surface area contributed by atoms with E-state index in [0.29, 0.717) is 14.8 Å². The number of carbonyl (C=O) groups excluding carboxylic acids is 3. The number of hydrogen-bond donors (Lipinski definition) is 1. The van der Waals surface area contributed by atoms with E-state index >= 15 is 0 Å². The Labute approximate surface area is 135 Å². The van der Waals surface area contributed by atoms with Crippen molar-refractivity contribution in [3.63, 3.8) is 0 Å². The molecule has 6 nitrogen and oxygen atoms in total. The molecule has 1 fully saturated rings. The fourth-order valence-electron chi connectivity index (χ4n) is 1.66. The molecule has 0 atom stereocenters. The second-order valence-electron chi connectivity index (χ2n) is 4.25. The molecule has 1 aliphatic rings. The summed E-state index contributed by atoms with van der Waals surface area (Å²) in [6, 6.07) is 4.62. The summed E-state index contributed by atoms with van der Waals surface area (Å²) in [5.41, 5.74) is 0.606. The molecule has 114 valence electrons. The molecule has 0 bridgehead atoms. The van der Waals surface area contributed by atoms with Gasteiger partial charge in [0.25, 0.3) is 5.91 Å². The van der Waals surface area contributed by atoms with Crippen molar-refractivity contribution in [1.82, 2.24) is 5.32 Å². The van der Waals surface area contributed by atoms with Crippen molar-refractivity contribution < 1.29 is 23.9 Å². The zero-order chi connectivity index (χ0) is 16.3. The van der Waals surface area contributed by atoms with E-state index in [9.17, 15) is 14.4 Å². The standard InChI is InChI=1S/C14H11NO5S2/c1-7(16)19-10-4-3-9(5-11(10)20-8(2)17)6-12-13(18)15-14(21)22-12/h3-6H,1-2H3,(H,15,18,21)/b12-6+. The maximum Gasteiger partial charge on any atom is 0.308 e. The topological polar surface area (TPSA) is 81.7 Å². The maximum absolute atomic E-state index is 11.6. The summed E-state index contributed by atoms with van der Waals surface area (Å²) in [5.74, 6) is -1.14. The van der Waals surface area contributed by atoms with E-state index in [1.807, 2.05) is 0 Å². The number of carbonyl (C=O) groups is 3. The lowest BCUT2D eigenvalue weighted by molar-refractivity contribution is -0.134. The van der Waals surface area contributed by atoms with Crippen LogP contribution in [-0.4, -0.2) is 22.2 Å². The number of nitrogens with one attached hydrogen (secondary N) is 1. The van der Waals surface area contributed by atoms with Crippen LogP contribution in [0, 0.1) is 0 Å². The second kappa shape index (κ2) is 6.71. The highest BCUT2D eigenvalue weighted by Gasteiger charge is 2.22. The number of esters is 2. The Kier molecular flexibility index (Phi) is 4.94. The third-order valence-corrected chi connectivity index (χ3v) is 3.58. The third kappa shape index (κ3) is 4.15. The Balaban J connectivity index is 2.35. The molecule has 1 aliphatic heterocycles. The highest BCUT2D eigenvalue weighted by Crippen LogP contribution is 2.32. The van der Waals surface area contributed by atoms with Crippen molar-refractivity contribution in [3.05, 3.63) is 28.7 Å². The van der Waals surface area contributed by atoms with Gasteiger partial charge in [0.05, 0.1) is 4.91 Å². The molecule has 2 rings (SSSR count). The van der Waals surface area contributed by atoms with Crippen LogP contribution < -0.4 is 14.8 Å². The summed E-state index contributed by atoms with van der Waals surface area (Å²) >= 11 is 6.05. The molecule has 1 aromatic carbocycles. The Hall–Kier alpha value is -2.19. The summed E-state index contributed by atoms with van der Waals surface area (Å²) < 4.78 is 10.4. The van der Waals surface area contributed by atoms with Gasteiger partial charge in [-0.15, -0.1) is 0 Å². The van der Waals surface area contributed by atoms with Crippen molar-refractivity contribution >= 4 is 52.2 Å². The van der Waals surface area contributed by atoms with Crippen LogP contribution in [0.25, 0.3) is 6.08 Å². The zero-order valence-corrected chi connectivity index (χ0v) is 13.3. The van der Waals surface area contributed by atoms with E-state index in [1.54, 1.807) is 12.1 Å². The minimum absolute atomic E-state index is 0.100. The van der Waals surface area contributed by atoms with Crippen LogP contribution in [0.1, 0.15) is 19.4 Å². The Morgan fingerprint density at radius 2 is 1.82 bits per heavy atom. The average molecular weight is 337 g/mol. The van der Waals surface area contributed by atoms with E-state index in [1.165, 1.54) is 26.0 Å². The number of thiocarbonyl (C=S) groups is 1. The minimum Gasteiger partial charge on any atom is -0.423 e. The molecular formula is C14H11NO5S2. The summed E-state index contributed by atoms with van der Waals surface area (Å²) in [7, 11) is 0. The predicted octanol–water partition coefficient (Wildman–Crippen LogP) is 2.03. The first-order valence-electron chi connectivity index (χ1n) is 6.11. The Morgan fingerprint density at radius 1 is 1.18 bits per heavy atom. The van der Waals surface area contributed by atoms with Crippen molar-refractivity contribution in [1.29, 1.82) is 0 Å². The molecular weight excluding hydrogens is 326 g/mol. The van der Waals surface area contributed by atoms with E-state index in [-0.39, 0.29) is 17.4 Å². The van der Waals surface area contributed by atoms with E-state index in [2.05, 4.69) is 5.32 Å². The minimum atomic E-state index is -0.549. The van der Waals surface area contributed by atoms with Gasteiger partial charge in [0.2, 0.25) is 0 Å². The van der Waals surface area contributed by atoms with Gasteiger partial charge < -0.3 is 14.8 Å². The van der Waals surface area contributed by atoms with E-state index < -0.39 is 11.9 Å². The molecule has 1 amide bonds. The summed E-state index contributed by atoms with van der Waals surface area (Å²) in [4.78, 5) is 34.2. The molecule has 0 aliphatic carbocycles. The molecule has 0 spiro atoms. The summed E-state index contributed by atoms with van der Waals surface area (Å²) in [6.07, 6.45) is 1.60. The highest BCUT2D eigenvalue weighted by atomic mass is 32.2. The molecule has 1 heterocycles. The number of rotatable bonds is 3. The monoisotopic (exact) mass is 337 g/mol. The van der Waals surface area contributed by atoms with Crippen LogP contribution >= 0.6 is 24.0 Å². The Bertz CT molecular complexity index is 711. The first-order chi connectivity index (χ1) is 10.3.